The molecule has 1 saturated heterocycles. The Bertz CT molecular complexity index is 847. The molecule has 0 saturated carbocycles. The van der Waals surface area contributed by atoms with Crippen molar-refractivity contribution in [2.24, 2.45) is 11.8 Å². The lowest BCUT2D eigenvalue weighted by Gasteiger charge is -2.30. The average Bonchev–Trinajstić information content (AvgIpc) is 3.30. The van der Waals surface area contributed by atoms with Gasteiger partial charge in [-0.05, 0) is 30.4 Å². The SMILES string of the molecule is CC(C)CN(C(=O)COC(=O)[C@@H](NC(=O)c1ccco1)C(C)C)C1CCS(=O)(=O)C1. The van der Waals surface area contributed by atoms with Gasteiger partial charge in [0.15, 0.2) is 22.2 Å². The van der Waals surface area contributed by atoms with Gasteiger partial charge in [-0.25, -0.2) is 13.2 Å². The van der Waals surface area contributed by atoms with Crippen LogP contribution in [-0.2, 0) is 24.2 Å². The zero-order valence-electron chi connectivity index (χ0n) is 17.8. The molecule has 30 heavy (non-hydrogen) atoms. The molecular weight excluding hydrogens is 412 g/mol. The first-order chi connectivity index (χ1) is 14.0. The lowest BCUT2D eigenvalue weighted by Crippen LogP contribution is -2.48. The van der Waals surface area contributed by atoms with Crippen molar-refractivity contribution < 1.29 is 32.0 Å². The zero-order valence-corrected chi connectivity index (χ0v) is 18.6. The van der Waals surface area contributed by atoms with Gasteiger partial charge in [-0.1, -0.05) is 27.7 Å². The summed E-state index contributed by atoms with van der Waals surface area (Å²) in [5.74, 6) is -1.85. The van der Waals surface area contributed by atoms with E-state index in [0.29, 0.717) is 13.0 Å². The maximum Gasteiger partial charge on any atom is 0.329 e. The summed E-state index contributed by atoms with van der Waals surface area (Å²) in [5, 5.41) is 2.56. The molecule has 0 aromatic carbocycles. The van der Waals surface area contributed by atoms with Crippen molar-refractivity contribution in [3.05, 3.63) is 24.2 Å². The topological polar surface area (TPSA) is 123 Å². The fourth-order valence-corrected chi connectivity index (χ4v) is 5.02. The summed E-state index contributed by atoms with van der Waals surface area (Å²) < 4.78 is 33.8. The van der Waals surface area contributed by atoms with Crippen LogP contribution in [0.1, 0.15) is 44.7 Å². The first kappa shape index (κ1) is 23.9. The number of carbonyl (C=O) groups excluding carboxylic acids is 3. The van der Waals surface area contributed by atoms with Crippen molar-refractivity contribution in [3.63, 3.8) is 0 Å². The zero-order chi connectivity index (χ0) is 22.5. The molecule has 2 heterocycles. The number of esters is 1. The van der Waals surface area contributed by atoms with Gasteiger partial charge in [-0.3, -0.25) is 9.59 Å². The van der Waals surface area contributed by atoms with E-state index in [-0.39, 0.29) is 29.1 Å². The van der Waals surface area contributed by atoms with Crippen LogP contribution < -0.4 is 5.32 Å². The largest absolute Gasteiger partial charge is 0.459 e. The van der Waals surface area contributed by atoms with E-state index in [9.17, 15) is 22.8 Å². The Morgan fingerprint density at radius 1 is 1.27 bits per heavy atom. The fraction of sp³-hybridized carbons (Fsp3) is 0.650. The fourth-order valence-electron chi connectivity index (χ4n) is 3.29. The second-order valence-electron chi connectivity index (χ2n) is 8.28. The maximum absolute atomic E-state index is 12.7. The van der Waals surface area contributed by atoms with E-state index in [1.807, 2.05) is 13.8 Å². The summed E-state index contributed by atoms with van der Waals surface area (Å²) in [5.41, 5.74) is 0. The van der Waals surface area contributed by atoms with Crippen LogP contribution in [0, 0.1) is 11.8 Å². The van der Waals surface area contributed by atoms with Gasteiger partial charge in [0.1, 0.15) is 6.04 Å². The summed E-state index contributed by atoms with van der Waals surface area (Å²) >= 11 is 0. The molecule has 10 heteroatoms. The third-order valence-corrected chi connectivity index (χ3v) is 6.57. The highest BCUT2D eigenvalue weighted by molar-refractivity contribution is 7.91. The number of hydrogen-bond acceptors (Lipinski definition) is 7. The number of nitrogens with zero attached hydrogens (tertiary/aromatic N) is 1. The van der Waals surface area contributed by atoms with Gasteiger partial charge < -0.3 is 19.4 Å². The Morgan fingerprint density at radius 2 is 1.97 bits per heavy atom. The molecule has 2 amide bonds. The number of hydrogen-bond donors (Lipinski definition) is 1. The number of nitrogens with one attached hydrogen (secondary N) is 1. The standard InChI is InChI=1S/C20H30N2O7S/c1-13(2)10-22(15-7-9-30(26,27)12-15)17(23)11-29-20(25)18(14(3)4)21-19(24)16-6-5-8-28-16/h5-6,8,13-15,18H,7,9-12H2,1-4H3,(H,21,24)/t15?,18-/m0/s1. The lowest BCUT2D eigenvalue weighted by molar-refractivity contribution is -0.155. The summed E-state index contributed by atoms with van der Waals surface area (Å²) in [6.07, 6.45) is 1.73. The van der Waals surface area contributed by atoms with Crippen molar-refractivity contribution in [1.29, 1.82) is 0 Å². The van der Waals surface area contributed by atoms with Gasteiger partial charge in [-0.15, -0.1) is 0 Å². The van der Waals surface area contributed by atoms with Crippen LogP contribution >= 0.6 is 0 Å². The molecule has 168 valence electrons. The van der Waals surface area contributed by atoms with E-state index >= 15 is 0 Å². The predicted molar refractivity (Wildman–Crippen MR) is 109 cm³/mol. The molecule has 1 unspecified atom stereocenters. The van der Waals surface area contributed by atoms with Crippen LogP contribution in [-0.4, -0.2) is 67.8 Å². The summed E-state index contributed by atoms with van der Waals surface area (Å²) in [6.45, 7) is 7.19. The van der Waals surface area contributed by atoms with Gasteiger partial charge in [0.2, 0.25) is 0 Å². The maximum atomic E-state index is 12.7. The summed E-state index contributed by atoms with van der Waals surface area (Å²) in [7, 11) is -3.16. The first-order valence-electron chi connectivity index (χ1n) is 10.0. The van der Waals surface area contributed by atoms with E-state index in [2.05, 4.69) is 5.32 Å². The number of rotatable bonds is 9. The Balaban J connectivity index is 1.99. The number of sulfone groups is 1. The summed E-state index contributed by atoms with van der Waals surface area (Å²) in [4.78, 5) is 38.9. The Labute approximate surface area is 177 Å². The molecule has 1 aromatic heterocycles. The van der Waals surface area contributed by atoms with Crippen LogP contribution in [0.4, 0.5) is 0 Å². The van der Waals surface area contributed by atoms with Crippen molar-refractivity contribution >= 4 is 27.6 Å². The van der Waals surface area contributed by atoms with Crippen LogP contribution in [0.25, 0.3) is 0 Å². The van der Waals surface area contributed by atoms with E-state index in [1.165, 1.54) is 17.2 Å². The molecule has 0 spiro atoms. The molecule has 0 radical (unpaired) electrons. The average molecular weight is 443 g/mol. The molecule has 1 fully saturated rings. The second-order valence-corrected chi connectivity index (χ2v) is 10.5. The van der Waals surface area contributed by atoms with Crippen molar-refractivity contribution in [3.8, 4) is 0 Å². The van der Waals surface area contributed by atoms with Crippen LogP contribution in [0.5, 0.6) is 0 Å². The van der Waals surface area contributed by atoms with Gasteiger partial charge >= 0.3 is 5.97 Å². The number of furan rings is 1. The van der Waals surface area contributed by atoms with Gasteiger partial charge in [0.25, 0.3) is 11.8 Å². The van der Waals surface area contributed by atoms with E-state index in [0.717, 1.165) is 0 Å². The minimum atomic E-state index is -3.16. The van der Waals surface area contributed by atoms with Crippen molar-refractivity contribution in [1.82, 2.24) is 10.2 Å². The molecule has 1 N–H and O–H groups in total. The summed E-state index contributed by atoms with van der Waals surface area (Å²) in [6, 6.07) is 1.66. The number of carbonyl (C=O) groups is 3. The molecule has 0 bridgehead atoms. The Morgan fingerprint density at radius 3 is 2.47 bits per heavy atom. The third-order valence-electron chi connectivity index (χ3n) is 4.82. The number of amides is 2. The monoisotopic (exact) mass is 442 g/mol. The Hall–Kier alpha value is -2.36. The van der Waals surface area contributed by atoms with Crippen molar-refractivity contribution in [2.75, 3.05) is 24.7 Å². The van der Waals surface area contributed by atoms with Crippen LogP contribution in [0.2, 0.25) is 0 Å². The van der Waals surface area contributed by atoms with E-state index in [4.69, 9.17) is 9.15 Å². The second kappa shape index (κ2) is 10.1. The lowest BCUT2D eigenvalue weighted by atomic mass is 10.0. The quantitative estimate of drug-likeness (QED) is 0.571. The van der Waals surface area contributed by atoms with E-state index in [1.54, 1.807) is 19.9 Å². The third kappa shape index (κ3) is 6.58. The minimum Gasteiger partial charge on any atom is -0.459 e. The predicted octanol–water partition coefficient (Wildman–Crippen LogP) is 1.25. The van der Waals surface area contributed by atoms with Gasteiger partial charge in [-0.2, -0.15) is 0 Å². The highest BCUT2D eigenvalue weighted by Crippen LogP contribution is 2.19. The number of ether oxygens (including phenoxy) is 1. The van der Waals surface area contributed by atoms with Gasteiger partial charge in [0, 0.05) is 12.6 Å². The molecule has 2 rings (SSSR count). The molecular formula is C20H30N2O7S. The molecule has 9 nitrogen and oxygen atoms in total. The molecule has 2 atom stereocenters. The van der Waals surface area contributed by atoms with Crippen LogP contribution in [0.15, 0.2) is 22.8 Å². The highest BCUT2D eigenvalue weighted by Gasteiger charge is 2.35. The smallest absolute Gasteiger partial charge is 0.329 e. The molecule has 1 aromatic rings. The van der Waals surface area contributed by atoms with Crippen molar-refractivity contribution in [2.45, 2.75) is 46.2 Å². The van der Waals surface area contributed by atoms with Gasteiger partial charge in [0.05, 0.1) is 17.8 Å². The molecule has 1 aliphatic rings. The minimum absolute atomic E-state index is 0.0492. The molecule has 0 aliphatic carbocycles. The Kier molecular flexibility index (Phi) is 8.05. The normalized spacial score (nSPS) is 18.9. The van der Waals surface area contributed by atoms with E-state index < -0.39 is 46.3 Å². The van der Waals surface area contributed by atoms with Crippen LogP contribution in [0.3, 0.4) is 0 Å². The highest BCUT2D eigenvalue weighted by atomic mass is 32.2. The molecule has 1 aliphatic heterocycles. The first-order valence-corrected chi connectivity index (χ1v) is 11.8.